The molecule has 3 heteroatoms. The lowest BCUT2D eigenvalue weighted by Gasteiger charge is -2.24. The van der Waals surface area contributed by atoms with Crippen LogP contribution in [0.25, 0.3) is 0 Å². The van der Waals surface area contributed by atoms with E-state index in [2.05, 4.69) is 36.3 Å². The average molecular weight is 207 g/mol. The molecule has 2 rings (SSSR count). The van der Waals surface area contributed by atoms with Crippen molar-refractivity contribution in [3.05, 3.63) is 11.3 Å². The Morgan fingerprint density at radius 2 is 2.27 bits per heavy atom. The van der Waals surface area contributed by atoms with E-state index in [4.69, 9.17) is 0 Å². The Morgan fingerprint density at radius 3 is 3.00 bits per heavy atom. The number of hydrogen-bond donors (Lipinski definition) is 2. The zero-order valence-electron chi connectivity index (χ0n) is 9.93. The molecule has 0 amide bonds. The summed E-state index contributed by atoms with van der Waals surface area (Å²) in [6.45, 7) is 7.82. The Balaban J connectivity index is 2.21. The van der Waals surface area contributed by atoms with E-state index in [0.717, 1.165) is 31.1 Å². The average Bonchev–Trinajstić information content (AvgIpc) is 2.58. The fourth-order valence-electron chi connectivity index (χ4n) is 2.60. The first-order valence-corrected chi connectivity index (χ1v) is 6.03. The molecule has 3 nitrogen and oxygen atoms in total. The molecule has 0 aromatic carbocycles. The van der Waals surface area contributed by atoms with Crippen molar-refractivity contribution >= 4 is 5.82 Å². The van der Waals surface area contributed by atoms with Crippen molar-refractivity contribution in [2.24, 2.45) is 5.92 Å². The maximum absolute atomic E-state index is 4.38. The quantitative estimate of drug-likeness (QED) is 0.800. The van der Waals surface area contributed by atoms with Gasteiger partial charge in [0.1, 0.15) is 0 Å². The van der Waals surface area contributed by atoms with E-state index in [0.29, 0.717) is 5.92 Å². The van der Waals surface area contributed by atoms with Gasteiger partial charge >= 0.3 is 0 Å². The van der Waals surface area contributed by atoms with Crippen LogP contribution in [-0.2, 0) is 6.42 Å². The third-order valence-corrected chi connectivity index (χ3v) is 3.23. The van der Waals surface area contributed by atoms with Gasteiger partial charge in [-0.05, 0) is 31.1 Å². The van der Waals surface area contributed by atoms with E-state index in [1.807, 2.05) is 0 Å². The van der Waals surface area contributed by atoms with Gasteiger partial charge in [0.15, 0.2) is 5.82 Å². The minimum atomic E-state index is 0.641. The minimum Gasteiger partial charge on any atom is -0.368 e. The van der Waals surface area contributed by atoms with E-state index in [-0.39, 0.29) is 0 Å². The standard InChI is InChI=1S/C12H21N3/c1-4-5-13-12-11-9(3)6-8(2)7-10(11)14-15-12/h8-9H,4-7H2,1-3H3,(H2,13,14,15). The highest BCUT2D eigenvalue weighted by Gasteiger charge is 2.26. The van der Waals surface area contributed by atoms with Gasteiger partial charge in [0.05, 0.1) is 0 Å². The summed E-state index contributed by atoms with van der Waals surface area (Å²) in [5, 5.41) is 11.0. The molecule has 0 aliphatic heterocycles. The van der Waals surface area contributed by atoms with Gasteiger partial charge in [0, 0.05) is 17.8 Å². The number of rotatable bonds is 3. The predicted octanol–water partition coefficient (Wildman–Crippen LogP) is 2.92. The van der Waals surface area contributed by atoms with Crippen LogP contribution in [0.5, 0.6) is 0 Å². The highest BCUT2D eigenvalue weighted by atomic mass is 15.2. The lowest BCUT2D eigenvalue weighted by atomic mass is 9.81. The molecule has 2 N–H and O–H groups in total. The molecule has 1 aromatic rings. The molecule has 0 bridgehead atoms. The highest BCUT2D eigenvalue weighted by Crippen LogP contribution is 2.37. The third-order valence-electron chi connectivity index (χ3n) is 3.23. The molecule has 15 heavy (non-hydrogen) atoms. The summed E-state index contributed by atoms with van der Waals surface area (Å²) in [6, 6.07) is 0. The predicted molar refractivity (Wildman–Crippen MR) is 63.3 cm³/mol. The van der Waals surface area contributed by atoms with E-state index >= 15 is 0 Å². The van der Waals surface area contributed by atoms with Gasteiger partial charge in [-0.1, -0.05) is 20.8 Å². The Kier molecular flexibility index (Phi) is 2.98. The summed E-state index contributed by atoms with van der Waals surface area (Å²) in [5.41, 5.74) is 2.78. The second-order valence-corrected chi connectivity index (χ2v) is 4.84. The summed E-state index contributed by atoms with van der Waals surface area (Å²) in [4.78, 5) is 0. The zero-order valence-corrected chi connectivity index (χ0v) is 9.93. The molecule has 0 saturated carbocycles. The molecule has 0 spiro atoms. The zero-order chi connectivity index (χ0) is 10.8. The first kappa shape index (κ1) is 10.5. The summed E-state index contributed by atoms with van der Waals surface area (Å²) in [7, 11) is 0. The third kappa shape index (κ3) is 2.01. The van der Waals surface area contributed by atoms with Crippen molar-refractivity contribution in [3.63, 3.8) is 0 Å². The van der Waals surface area contributed by atoms with Crippen LogP contribution in [0.15, 0.2) is 0 Å². The van der Waals surface area contributed by atoms with Crippen LogP contribution in [0.2, 0.25) is 0 Å². The van der Waals surface area contributed by atoms with Crippen molar-refractivity contribution in [2.75, 3.05) is 11.9 Å². The Hall–Kier alpha value is -0.990. The summed E-state index contributed by atoms with van der Waals surface area (Å²) >= 11 is 0. The lowest BCUT2D eigenvalue weighted by molar-refractivity contribution is 0.446. The SMILES string of the molecule is CCCNc1n[nH]c2c1C(C)CC(C)C2. The number of nitrogens with one attached hydrogen (secondary N) is 2. The molecular formula is C12H21N3. The molecule has 84 valence electrons. The van der Waals surface area contributed by atoms with E-state index in [9.17, 15) is 0 Å². The first-order chi connectivity index (χ1) is 7.22. The smallest absolute Gasteiger partial charge is 0.151 e. The van der Waals surface area contributed by atoms with Gasteiger partial charge < -0.3 is 5.32 Å². The normalized spacial score (nSPS) is 25.0. The number of fused-ring (bicyclic) bond motifs is 1. The second kappa shape index (κ2) is 4.25. The Labute approximate surface area is 91.7 Å². The van der Waals surface area contributed by atoms with Gasteiger partial charge in [0.25, 0.3) is 0 Å². The number of aromatic nitrogens is 2. The lowest BCUT2D eigenvalue weighted by Crippen LogP contribution is -2.15. The molecule has 2 unspecified atom stereocenters. The largest absolute Gasteiger partial charge is 0.368 e. The Bertz CT molecular complexity index is 330. The maximum Gasteiger partial charge on any atom is 0.151 e. The number of hydrogen-bond acceptors (Lipinski definition) is 2. The minimum absolute atomic E-state index is 0.641. The molecule has 0 radical (unpaired) electrons. The molecule has 1 aliphatic rings. The number of nitrogens with zero attached hydrogens (tertiary/aromatic N) is 1. The van der Waals surface area contributed by atoms with Crippen molar-refractivity contribution in [1.29, 1.82) is 0 Å². The van der Waals surface area contributed by atoms with Crippen LogP contribution in [-0.4, -0.2) is 16.7 Å². The van der Waals surface area contributed by atoms with Crippen LogP contribution in [0.3, 0.4) is 0 Å². The molecule has 0 saturated heterocycles. The topological polar surface area (TPSA) is 40.7 Å². The van der Waals surface area contributed by atoms with E-state index < -0.39 is 0 Å². The van der Waals surface area contributed by atoms with Crippen LogP contribution >= 0.6 is 0 Å². The molecular weight excluding hydrogens is 186 g/mol. The van der Waals surface area contributed by atoms with Crippen molar-refractivity contribution < 1.29 is 0 Å². The van der Waals surface area contributed by atoms with Crippen LogP contribution < -0.4 is 5.32 Å². The van der Waals surface area contributed by atoms with Crippen LogP contribution in [0.1, 0.15) is 50.8 Å². The van der Waals surface area contributed by atoms with Crippen molar-refractivity contribution in [2.45, 2.75) is 46.0 Å². The monoisotopic (exact) mass is 207 g/mol. The van der Waals surface area contributed by atoms with Gasteiger partial charge in [-0.15, -0.1) is 0 Å². The number of aromatic amines is 1. The van der Waals surface area contributed by atoms with Gasteiger partial charge in [-0.3, -0.25) is 5.10 Å². The number of H-pyrrole nitrogens is 1. The second-order valence-electron chi connectivity index (χ2n) is 4.84. The Morgan fingerprint density at radius 1 is 1.47 bits per heavy atom. The molecule has 0 fully saturated rings. The number of anilines is 1. The maximum atomic E-state index is 4.38. The van der Waals surface area contributed by atoms with Gasteiger partial charge in [-0.2, -0.15) is 5.10 Å². The molecule has 1 aliphatic carbocycles. The fraction of sp³-hybridized carbons (Fsp3) is 0.750. The van der Waals surface area contributed by atoms with Crippen LogP contribution in [0, 0.1) is 5.92 Å². The summed E-state index contributed by atoms with van der Waals surface area (Å²) in [5.74, 6) is 2.51. The molecule has 2 atom stereocenters. The van der Waals surface area contributed by atoms with Crippen LogP contribution in [0.4, 0.5) is 5.82 Å². The first-order valence-electron chi connectivity index (χ1n) is 6.03. The summed E-state index contributed by atoms with van der Waals surface area (Å²) < 4.78 is 0. The molecule has 1 heterocycles. The fourth-order valence-corrected chi connectivity index (χ4v) is 2.60. The highest BCUT2D eigenvalue weighted by molar-refractivity contribution is 5.49. The van der Waals surface area contributed by atoms with E-state index in [1.54, 1.807) is 0 Å². The van der Waals surface area contributed by atoms with Gasteiger partial charge in [-0.25, -0.2) is 0 Å². The van der Waals surface area contributed by atoms with Crippen molar-refractivity contribution in [3.8, 4) is 0 Å². The van der Waals surface area contributed by atoms with E-state index in [1.165, 1.54) is 17.7 Å². The molecule has 1 aromatic heterocycles. The summed E-state index contributed by atoms with van der Waals surface area (Å²) in [6.07, 6.45) is 3.58. The van der Waals surface area contributed by atoms with Crippen molar-refractivity contribution in [1.82, 2.24) is 10.2 Å². The van der Waals surface area contributed by atoms with Gasteiger partial charge in [0.2, 0.25) is 0 Å².